The van der Waals surface area contributed by atoms with E-state index < -0.39 is 36.3 Å². The summed E-state index contributed by atoms with van der Waals surface area (Å²) in [6, 6.07) is 55.1. The van der Waals surface area contributed by atoms with E-state index in [-0.39, 0.29) is 37.8 Å². The molecule has 1 aliphatic heterocycles. The Kier molecular flexibility index (Phi) is 18.3. The average molecular weight is 919 g/mol. The highest BCUT2D eigenvalue weighted by Gasteiger charge is 2.50. The molecule has 10 heteroatoms. The first-order valence-electron chi connectivity index (χ1n) is 23.9. The van der Waals surface area contributed by atoms with Crippen LogP contribution in [0.3, 0.4) is 0 Å². The lowest BCUT2D eigenvalue weighted by Gasteiger charge is -2.45. The molecule has 354 valence electrons. The van der Waals surface area contributed by atoms with E-state index >= 15 is 0 Å². The van der Waals surface area contributed by atoms with Gasteiger partial charge in [0.25, 0.3) is 0 Å². The van der Waals surface area contributed by atoms with Crippen molar-refractivity contribution >= 4 is 11.0 Å². The first-order chi connectivity index (χ1) is 33.6. The zero-order valence-corrected chi connectivity index (χ0v) is 38.8. The van der Waals surface area contributed by atoms with Crippen molar-refractivity contribution in [3.05, 3.63) is 208 Å². The Morgan fingerprint density at radius 1 is 0.485 bits per heavy atom. The quantitative estimate of drug-likeness (QED) is 0.0385. The molecule has 7 aromatic rings. The second-order valence-electron chi connectivity index (χ2n) is 17.0. The standard InChI is InChI=1S/C58H62O10/c1-2-3-4-5-6-22-35-61-55-52(62-38-44-25-14-8-15-26-44)49-34-33-48(36-50(49)67-57(55)59)66-58-56(65-41-47-31-20-11-21-32-47)54(64-40-46-29-18-10-19-30-46)53(63-39-45-27-16-9-17-28-45)51(68-58)42-60-37-43-23-12-7-13-24-43/h7-21,23-34,36,51,53-54,56,58H,2-6,22,35,37-42H2,1H3/t51-,53-,54+,56+,58+/m1/s1. The number of rotatable bonds is 26. The average Bonchev–Trinajstić information content (AvgIpc) is 3.38. The number of unbranched alkanes of at least 4 members (excludes halogenated alkanes) is 5. The summed E-state index contributed by atoms with van der Waals surface area (Å²) in [6.07, 6.45) is 2.67. The molecule has 1 aromatic heterocycles. The molecule has 10 nitrogen and oxygen atoms in total. The van der Waals surface area contributed by atoms with Crippen LogP contribution in [0.4, 0.5) is 0 Å². The fourth-order valence-corrected chi connectivity index (χ4v) is 8.24. The zero-order valence-electron chi connectivity index (χ0n) is 38.8. The first-order valence-corrected chi connectivity index (χ1v) is 23.9. The van der Waals surface area contributed by atoms with Crippen LogP contribution in [-0.2, 0) is 56.7 Å². The molecule has 5 atom stereocenters. The van der Waals surface area contributed by atoms with Crippen molar-refractivity contribution in [3.8, 4) is 17.2 Å². The Bertz CT molecular complexity index is 2570. The maximum absolute atomic E-state index is 13.8. The van der Waals surface area contributed by atoms with Crippen LogP contribution in [0.25, 0.3) is 11.0 Å². The molecule has 6 aromatic carbocycles. The molecule has 0 unspecified atom stereocenters. The van der Waals surface area contributed by atoms with Gasteiger partial charge in [-0.15, -0.1) is 0 Å². The Morgan fingerprint density at radius 3 is 1.56 bits per heavy atom. The van der Waals surface area contributed by atoms with E-state index in [4.69, 9.17) is 42.3 Å². The molecular formula is C58H62O10. The number of hydrogen-bond donors (Lipinski definition) is 0. The third kappa shape index (κ3) is 13.9. The minimum atomic E-state index is -1.03. The van der Waals surface area contributed by atoms with Crippen molar-refractivity contribution < 1.29 is 42.3 Å². The van der Waals surface area contributed by atoms with Gasteiger partial charge < -0.3 is 42.3 Å². The molecule has 0 saturated carbocycles. The fraction of sp³-hybridized carbons (Fsp3) is 0.328. The van der Waals surface area contributed by atoms with Gasteiger partial charge in [-0.3, -0.25) is 0 Å². The van der Waals surface area contributed by atoms with Crippen molar-refractivity contribution in [2.24, 2.45) is 0 Å². The van der Waals surface area contributed by atoms with Gasteiger partial charge in [-0.05, 0) is 46.4 Å². The molecule has 0 N–H and O–H groups in total. The van der Waals surface area contributed by atoms with Crippen molar-refractivity contribution in [2.75, 3.05) is 13.2 Å². The van der Waals surface area contributed by atoms with E-state index in [9.17, 15) is 4.79 Å². The van der Waals surface area contributed by atoms with Crippen molar-refractivity contribution in [3.63, 3.8) is 0 Å². The fourth-order valence-electron chi connectivity index (χ4n) is 8.24. The van der Waals surface area contributed by atoms with E-state index in [0.717, 1.165) is 47.1 Å². The normalized spacial score (nSPS) is 18.0. The second-order valence-corrected chi connectivity index (χ2v) is 17.0. The molecular weight excluding hydrogens is 857 g/mol. The van der Waals surface area contributed by atoms with Gasteiger partial charge in [-0.25, -0.2) is 4.79 Å². The third-order valence-corrected chi connectivity index (χ3v) is 11.9. The molecule has 1 saturated heterocycles. The number of ether oxygens (including phenoxy) is 8. The number of fused-ring (bicyclic) bond motifs is 1. The summed E-state index contributed by atoms with van der Waals surface area (Å²) in [4.78, 5) is 13.8. The van der Waals surface area contributed by atoms with Crippen LogP contribution < -0.4 is 19.8 Å². The predicted molar refractivity (Wildman–Crippen MR) is 263 cm³/mol. The topological polar surface area (TPSA) is 104 Å². The smallest absolute Gasteiger partial charge is 0.383 e. The lowest BCUT2D eigenvalue weighted by atomic mass is 9.97. The van der Waals surface area contributed by atoms with Gasteiger partial charge in [0.05, 0.1) is 45.0 Å². The van der Waals surface area contributed by atoms with E-state index in [1.54, 1.807) is 6.07 Å². The number of benzene rings is 6. The zero-order chi connectivity index (χ0) is 46.6. The first kappa shape index (κ1) is 48.2. The van der Waals surface area contributed by atoms with Crippen LogP contribution in [0, 0.1) is 0 Å². The summed E-state index contributed by atoms with van der Waals surface area (Å²) in [7, 11) is 0. The summed E-state index contributed by atoms with van der Waals surface area (Å²) in [5.74, 6) is 0.751. The van der Waals surface area contributed by atoms with Crippen LogP contribution >= 0.6 is 0 Å². The van der Waals surface area contributed by atoms with Crippen LogP contribution in [0.15, 0.2) is 179 Å². The molecule has 0 radical (unpaired) electrons. The summed E-state index contributed by atoms with van der Waals surface area (Å²) in [6.45, 7) is 4.16. The SMILES string of the molecule is CCCCCCCCOc1c(OCc2ccccc2)c2ccc(O[C@H]3O[C@H](COCc4ccccc4)[C@@H](OCc4ccccc4)[C@H](OCc4ccccc4)[C@@H]3OCc3ccccc3)cc2oc1=O. The van der Waals surface area contributed by atoms with Crippen LogP contribution in [-0.4, -0.2) is 43.9 Å². The highest BCUT2D eigenvalue weighted by molar-refractivity contribution is 5.86. The Hall–Kier alpha value is -6.27. The lowest BCUT2D eigenvalue weighted by molar-refractivity contribution is -0.310. The molecule has 68 heavy (non-hydrogen) atoms. The highest BCUT2D eigenvalue weighted by Crippen LogP contribution is 2.37. The molecule has 1 aliphatic rings. The Labute approximate surface area is 399 Å². The van der Waals surface area contributed by atoms with Gasteiger partial charge in [0, 0.05) is 6.07 Å². The van der Waals surface area contributed by atoms with Crippen molar-refractivity contribution in [1.29, 1.82) is 0 Å². The van der Waals surface area contributed by atoms with E-state index in [0.29, 0.717) is 36.7 Å². The van der Waals surface area contributed by atoms with Gasteiger partial charge in [0.1, 0.15) is 42.4 Å². The maximum atomic E-state index is 13.8. The van der Waals surface area contributed by atoms with Crippen molar-refractivity contribution in [1.82, 2.24) is 0 Å². The van der Waals surface area contributed by atoms with Crippen LogP contribution in [0.2, 0.25) is 0 Å². The van der Waals surface area contributed by atoms with Crippen LogP contribution in [0.5, 0.6) is 17.2 Å². The Balaban J connectivity index is 1.12. The third-order valence-electron chi connectivity index (χ3n) is 11.9. The van der Waals surface area contributed by atoms with Gasteiger partial charge in [0.15, 0.2) is 5.75 Å². The minimum absolute atomic E-state index is 0.0546. The van der Waals surface area contributed by atoms with Gasteiger partial charge in [-0.2, -0.15) is 0 Å². The molecule has 1 fully saturated rings. The summed E-state index contributed by atoms with van der Waals surface area (Å²) in [5, 5.41) is 0.568. The predicted octanol–water partition coefficient (Wildman–Crippen LogP) is 12.2. The molecule has 0 amide bonds. The molecule has 2 heterocycles. The van der Waals surface area contributed by atoms with E-state index in [1.165, 1.54) is 19.3 Å². The largest absolute Gasteiger partial charge is 0.484 e. The van der Waals surface area contributed by atoms with Crippen LogP contribution in [0.1, 0.15) is 73.3 Å². The molecule has 0 aliphatic carbocycles. The molecule has 8 rings (SSSR count). The Morgan fingerprint density at radius 2 is 0.985 bits per heavy atom. The summed E-state index contributed by atoms with van der Waals surface area (Å²) in [5.41, 5.74) is 4.56. The highest BCUT2D eigenvalue weighted by atomic mass is 16.7. The van der Waals surface area contributed by atoms with E-state index in [2.05, 4.69) is 6.92 Å². The van der Waals surface area contributed by atoms with E-state index in [1.807, 2.05) is 164 Å². The van der Waals surface area contributed by atoms with Crippen molar-refractivity contribution in [2.45, 2.75) is 109 Å². The van der Waals surface area contributed by atoms with Gasteiger partial charge >= 0.3 is 5.63 Å². The minimum Gasteiger partial charge on any atom is -0.484 e. The maximum Gasteiger partial charge on any atom is 0.383 e. The monoisotopic (exact) mass is 918 g/mol. The molecule has 0 bridgehead atoms. The number of hydrogen-bond acceptors (Lipinski definition) is 10. The second kappa shape index (κ2) is 25.7. The molecule has 0 spiro atoms. The van der Waals surface area contributed by atoms with Gasteiger partial charge in [0.2, 0.25) is 12.0 Å². The lowest BCUT2D eigenvalue weighted by Crippen LogP contribution is -2.62. The summed E-state index contributed by atoms with van der Waals surface area (Å²) < 4.78 is 59.4. The van der Waals surface area contributed by atoms with Gasteiger partial charge in [-0.1, -0.05) is 191 Å². The summed E-state index contributed by atoms with van der Waals surface area (Å²) >= 11 is 0.